The fourth-order valence-electron chi connectivity index (χ4n) is 1.36. The molecule has 0 rings (SSSR count). The van der Waals surface area contributed by atoms with Gasteiger partial charge in [-0.05, 0) is 19.4 Å². The van der Waals surface area contributed by atoms with E-state index in [4.69, 9.17) is 11.5 Å². The predicted octanol–water partition coefficient (Wildman–Crippen LogP) is 0.315. The molecular weight excluding hydrogens is 180 g/mol. The van der Waals surface area contributed by atoms with Gasteiger partial charge in [0.25, 0.3) is 0 Å². The molecular formula is C10H24N2O2. The quantitative estimate of drug-likeness (QED) is 0.321. The van der Waals surface area contributed by atoms with E-state index < -0.39 is 5.79 Å². The second kappa shape index (κ2) is 8.17. The molecule has 0 unspecified atom stereocenters. The zero-order chi connectivity index (χ0) is 10.9. The molecule has 0 saturated heterocycles. The summed E-state index contributed by atoms with van der Waals surface area (Å²) in [5.41, 5.74) is 10.5. The second-order valence-electron chi connectivity index (χ2n) is 3.85. The molecule has 0 fully saturated rings. The zero-order valence-corrected chi connectivity index (χ0v) is 8.91. The lowest BCUT2D eigenvalue weighted by Gasteiger charge is -2.18. The Morgan fingerprint density at radius 1 is 0.786 bits per heavy atom. The van der Waals surface area contributed by atoms with E-state index in [1.54, 1.807) is 0 Å². The molecule has 0 spiro atoms. The zero-order valence-electron chi connectivity index (χ0n) is 8.91. The third-order valence-corrected chi connectivity index (χ3v) is 2.36. The van der Waals surface area contributed by atoms with Crippen LogP contribution in [-0.4, -0.2) is 29.1 Å². The number of unbranched alkanes of at least 4 members (excludes halogenated alkanes) is 5. The van der Waals surface area contributed by atoms with Gasteiger partial charge >= 0.3 is 0 Å². The fourth-order valence-corrected chi connectivity index (χ4v) is 1.36. The van der Waals surface area contributed by atoms with Crippen LogP contribution in [0.15, 0.2) is 0 Å². The van der Waals surface area contributed by atoms with Crippen LogP contribution >= 0.6 is 0 Å². The fraction of sp³-hybridized carbons (Fsp3) is 1.00. The number of aliphatic hydroxyl groups is 2. The van der Waals surface area contributed by atoms with E-state index in [2.05, 4.69) is 0 Å². The molecule has 0 aromatic heterocycles. The van der Waals surface area contributed by atoms with E-state index in [-0.39, 0.29) is 6.54 Å². The monoisotopic (exact) mass is 204 g/mol. The van der Waals surface area contributed by atoms with Crippen LogP contribution in [0.5, 0.6) is 0 Å². The van der Waals surface area contributed by atoms with Crippen LogP contribution in [0, 0.1) is 0 Å². The molecule has 0 aromatic carbocycles. The van der Waals surface area contributed by atoms with Gasteiger partial charge in [-0.15, -0.1) is 0 Å². The highest BCUT2D eigenvalue weighted by Gasteiger charge is 2.18. The van der Waals surface area contributed by atoms with E-state index in [1.807, 2.05) is 0 Å². The molecule has 0 saturated carbocycles. The maximum absolute atomic E-state index is 9.18. The first-order valence-corrected chi connectivity index (χ1v) is 5.47. The Labute approximate surface area is 86.3 Å². The molecule has 0 aromatic rings. The summed E-state index contributed by atoms with van der Waals surface area (Å²) in [5.74, 6) is -1.66. The molecule has 14 heavy (non-hydrogen) atoms. The van der Waals surface area contributed by atoms with Gasteiger partial charge < -0.3 is 21.7 Å². The normalized spacial score (nSPS) is 12.0. The van der Waals surface area contributed by atoms with Gasteiger partial charge in [0.1, 0.15) is 0 Å². The molecule has 0 radical (unpaired) electrons. The Balaban J connectivity index is 3.13. The van der Waals surface area contributed by atoms with Crippen LogP contribution in [0.4, 0.5) is 0 Å². The van der Waals surface area contributed by atoms with Crippen molar-refractivity contribution in [3.63, 3.8) is 0 Å². The van der Waals surface area contributed by atoms with Gasteiger partial charge in [-0.1, -0.05) is 25.7 Å². The van der Waals surface area contributed by atoms with E-state index in [1.165, 1.54) is 12.8 Å². The molecule has 0 aliphatic rings. The molecule has 0 aliphatic heterocycles. The summed E-state index contributed by atoms with van der Waals surface area (Å²) in [5, 5.41) is 18.4. The van der Waals surface area contributed by atoms with Crippen molar-refractivity contribution < 1.29 is 10.2 Å². The Bertz CT molecular complexity index is 129. The summed E-state index contributed by atoms with van der Waals surface area (Å²) in [6.07, 6.45) is 6.83. The standard InChI is InChI=1S/C10H24N2O2/c11-8-6-4-2-1-3-5-7-10(13,14)9-12/h13-14H,1-9,11-12H2. The molecule has 0 bridgehead atoms. The van der Waals surface area contributed by atoms with Crippen LogP contribution in [0.25, 0.3) is 0 Å². The van der Waals surface area contributed by atoms with Crippen LogP contribution < -0.4 is 11.5 Å². The summed E-state index contributed by atoms with van der Waals surface area (Å²) in [4.78, 5) is 0. The molecule has 0 atom stereocenters. The summed E-state index contributed by atoms with van der Waals surface area (Å²) >= 11 is 0. The largest absolute Gasteiger partial charge is 0.365 e. The smallest absolute Gasteiger partial charge is 0.175 e. The van der Waals surface area contributed by atoms with E-state index >= 15 is 0 Å². The Morgan fingerprint density at radius 2 is 1.29 bits per heavy atom. The number of rotatable bonds is 9. The van der Waals surface area contributed by atoms with Crippen molar-refractivity contribution in [2.45, 2.75) is 50.7 Å². The van der Waals surface area contributed by atoms with Crippen LogP contribution in [-0.2, 0) is 0 Å². The van der Waals surface area contributed by atoms with Crippen LogP contribution in [0.3, 0.4) is 0 Å². The summed E-state index contributed by atoms with van der Waals surface area (Å²) in [7, 11) is 0. The Hall–Kier alpha value is -0.160. The van der Waals surface area contributed by atoms with E-state index in [9.17, 15) is 10.2 Å². The summed E-state index contributed by atoms with van der Waals surface area (Å²) < 4.78 is 0. The highest BCUT2D eigenvalue weighted by atomic mass is 16.5. The summed E-state index contributed by atoms with van der Waals surface area (Å²) in [6, 6.07) is 0. The van der Waals surface area contributed by atoms with Gasteiger partial charge in [-0.2, -0.15) is 0 Å². The van der Waals surface area contributed by atoms with E-state index in [0.29, 0.717) is 6.42 Å². The van der Waals surface area contributed by atoms with Crippen molar-refractivity contribution in [2.75, 3.05) is 13.1 Å². The lowest BCUT2D eigenvalue weighted by atomic mass is 10.1. The van der Waals surface area contributed by atoms with Gasteiger partial charge in [0.15, 0.2) is 5.79 Å². The number of nitrogens with two attached hydrogens (primary N) is 2. The van der Waals surface area contributed by atoms with Gasteiger partial charge in [-0.25, -0.2) is 0 Å². The molecule has 0 heterocycles. The predicted molar refractivity (Wildman–Crippen MR) is 57.6 cm³/mol. The Kier molecular flexibility index (Phi) is 8.08. The SMILES string of the molecule is NCCCCCCCCC(O)(O)CN. The lowest BCUT2D eigenvalue weighted by molar-refractivity contribution is -0.157. The third kappa shape index (κ3) is 8.44. The molecule has 0 aliphatic carbocycles. The van der Waals surface area contributed by atoms with Crippen molar-refractivity contribution in [1.82, 2.24) is 0 Å². The minimum atomic E-state index is -1.66. The van der Waals surface area contributed by atoms with Crippen LogP contribution in [0.1, 0.15) is 44.9 Å². The second-order valence-corrected chi connectivity index (χ2v) is 3.85. The van der Waals surface area contributed by atoms with Crippen molar-refractivity contribution in [1.29, 1.82) is 0 Å². The molecule has 86 valence electrons. The lowest BCUT2D eigenvalue weighted by Crippen LogP contribution is -2.37. The summed E-state index contributed by atoms with van der Waals surface area (Å²) in [6.45, 7) is 0.684. The highest BCUT2D eigenvalue weighted by Crippen LogP contribution is 2.12. The minimum Gasteiger partial charge on any atom is -0.365 e. The third-order valence-electron chi connectivity index (χ3n) is 2.36. The average Bonchev–Trinajstić information content (AvgIpc) is 2.16. The minimum absolute atomic E-state index is 0.0832. The first kappa shape index (κ1) is 13.8. The Morgan fingerprint density at radius 3 is 1.79 bits per heavy atom. The number of hydrogen-bond donors (Lipinski definition) is 4. The maximum atomic E-state index is 9.18. The first-order chi connectivity index (χ1) is 6.62. The molecule has 6 N–H and O–H groups in total. The average molecular weight is 204 g/mol. The van der Waals surface area contributed by atoms with Crippen LogP contribution in [0.2, 0.25) is 0 Å². The van der Waals surface area contributed by atoms with Gasteiger partial charge in [0.2, 0.25) is 0 Å². The van der Waals surface area contributed by atoms with Crippen molar-refractivity contribution >= 4 is 0 Å². The van der Waals surface area contributed by atoms with Crippen molar-refractivity contribution in [2.24, 2.45) is 11.5 Å². The maximum Gasteiger partial charge on any atom is 0.175 e. The topological polar surface area (TPSA) is 92.5 Å². The number of hydrogen-bond acceptors (Lipinski definition) is 4. The van der Waals surface area contributed by atoms with Gasteiger partial charge in [0.05, 0.1) is 0 Å². The highest BCUT2D eigenvalue weighted by molar-refractivity contribution is 4.64. The van der Waals surface area contributed by atoms with Crippen molar-refractivity contribution in [3.05, 3.63) is 0 Å². The van der Waals surface area contributed by atoms with E-state index in [0.717, 1.165) is 32.2 Å². The molecule has 4 nitrogen and oxygen atoms in total. The molecule has 0 amide bonds. The van der Waals surface area contributed by atoms with Gasteiger partial charge in [-0.3, -0.25) is 0 Å². The van der Waals surface area contributed by atoms with Crippen molar-refractivity contribution in [3.8, 4) is 0 Å². The van der Waals surface area contributed by atoms with Gasteiger partial charge in [0, 0.05) is 13.0 Å². The molecule has 4 heteroatoms. The first-order valence-electron chi connectivity index (χ1n) is 5.47.